The smallest absolute Gasteiger partial charge is 0.261 e. The van der Waals surface area contributed by atoms with Gasteiger partial charge in [0.25, 0.3) is 5.91 Å². The number of thiophene rings is 1. The Labute approximate surface area is 149 Å². The molecule has 0 atom stereocenters. The minimum Gasteiger partial charge on any atom is -0.352 e. The molecule has 1 amide bonds. The summed E-state index contributed by atoms with van der Waals surface area (Å²) in [5.41, 5.74) is 2.45. The number of carbonyl (C=O) groups is 1. The van der Waals surface area contributed by atoms with Crippen LogP contribution in [-0.4, -0.2) is 22.2 Å². The van der Waals surface area contributed by atoms with Crippen molar-refractivity contribution in [3.63, 3.8) is 0 Å². The summed E-state index contributed by atoms with van der Waals surface area (Å²) < 4.78 is 1.76. The molecule has 0 aliphatic carbocycles. The largest absolute Gasteiger partial charge is 0.352 e. The third kappa shape index (κ3) is 3.67. The van der Waals surface area contributed by atoms with Gasteiger partial charge in [-0.3, -0.25) is 4.79 Å². The van der Waals surface area contributed by atoms with E-state index in [0.29, 0.717) is 6.54 Å². The van der Waals surface area contributed by atoms with E-state index < -0.39 is 0 Å². The molecule has 0 bridgehead atoms. The molecule has 1 aromatic carbocycles. The molecule has 2 heterocycles. The minimum atomic E-state index is -0.380. The van der Waals surface area contributed by atoms with Gasteiger partial charge < -0.3 is 5.32 Å². The van der Waals surface area contributed by atoms with Gasteiger partial charge in [0.05, 0.1) is 10.6 Å². The second-order valence-corrected chi connectivity index (χ2v) is 6.17. The lowest BCUT2D eigenvalue weighted by Gasteiger charge is -1.99. The van der Waals surface area contributed by atoms with E-state index >= 15 is 0 Å². The van der Waals surface area contributed by atoms with Gasteiger partial charge in [0, 0.05) is 18.3 Å². The highest BCUT2D eigenvalue weighted by Gasteiger charge is 2.15. The number of nitriles is 1. The predicted molar refractivity (Wildman–Crippen MR) is 99.2 cm³/mol. The van der Waals surface area contributed by atoms with Gasteiger partial charge in [0.15, 0.2) is 0 Å². The van der Waals surface area contributed by atoms with Gasteiger partial charge in [0.1, 0.15) is 17.3 Å². The zero-order chi connectivity index (χ0) is 17.6. The first-order chi connectivity index (χ1) is 12.2. The van der Waals surface area contributed by atoms with Crippen molar-refractivity contribution in [1.29, 1.82) is 5.26 Å². The molecule has 0 radical (unpaired) electrons. The third-order valence-electron chi connectivity index (χ3n) is 3.52. The Morgan fingerprint density at radius 3 is 2.76 bits per heavy atom. The maximum Gasteiger partial charge on any atom is 0.261 e. The maximum atomic E-state index is 12.0. The van der Waals surface area contributed by atoms with E-state index in [2.05, 4.69) is 10.4 Å². The molecular weight excluding hydrogens is 332 g/mol. The van der Waals surface area contributed by atoms with Crippen molar-refractivity contribution < 1.29 is 4.79 Å². The number of hydrogen-bond donors (Lipinski definition) is 1. The lowest BCUT2D eigenvalue weighted by atomic mass is 10.1. The summed E-state index contributed by atoms with van der Waals surface area (Å²) >= 11 is 1.56. The molecule has 1 N–H and O–H groups in total. The zero-order valence-electron chi connectivity index (χ0n) is 13.6. The van der Waals surface area contributed by atoms with Crippen molar-refractivity contribution in [2.75, 3.05) is 6.54 Å². The Morgan fingerprint density at radius 2 is 2.12 bits per heavy atom. The molecule has 6 heteroatoms. The van der Waals surface area contributed by atoms with Crippen molar-refractivity contribution in [2.24, 2.45) is 0 Å². The van der Waals surface area contributed by atoms with E-state index in [1.807, 2.05) is 67.0 Å². The van der Waals surface area contributed by atoms with Crippen LogP contribution in [0.3, 0.4) is 0 Å². The van der Waals surface area contributed by atoms with Crippen molar-refractivity contribution in [1.82, 2.24) is 15.1 Å². The summed E-state index contributed by atoms with van der Waals surface area (Å²) in [5.74, 6) is -0.380. The molecule has 5 nitrogen and oxygen atoms in total. The van der Waals surface area contributed by atoms with Crippen molar-refractivity contribution in [3.05, 3.63) is 65.2 Å². The number of nitrogens with one attached hydrogen (secondary N) is 1. The van der Waals surface area contributed by atoms with Gasteiger partial charge >= 0.3 is 0 Å². The second kappa shape index (κ2) is 7.60. The fourth-order valence-electron chi connectivity index (χ4n) is 2.37. The number of aromatic nitrogens is 2. The fourth-order valence-corrected chi connectivity index (χ4v) is 3.10. The van der Waals surface area contributed by atoms with Gasteiger partial charge in [-0.2, -0.15) is 10.4 Å². The molecule has 0 fully saturated rings. The van der Waals surface area contributed by atoms with Crippen molar-refractivity contribution in [2.45, 2.75) is 6.92 Å². The zero-order valence-corrected chi connectivity index (χ0v) is 14.5. The molecule has 0 spiro atoms. The molecule has 0 saturated carbocycles. The number of para-hydroxylation sites is 1. The van der Waals surface area contributed by atoms with Crippen LogP contribution in [-0.2, 0) is 4.79 Å². The van der Waals surface area contributed by atoms with E-state index in [4.69, 9.17) is 0 Å². The first-order valence-electron chi connectivity index (χ1n) is 7.82. The quantitative estimate of drug-likeness (QED) is 0.565. The summed E-state index contributed by atoms with van der Waals surface area (Å²) in [6, 6.07) is 15.6. The number of amides is 1. The van der Waals surface area contributed by atoms with Crippen LogP contribution in [0.5, 0.6) is 0 Å². The molecular formula is C19H16N4OS. The number of carbonyl (C=O) groups excluding carboxylic acids is 1. The van der Waals surface area contributed by atoms with E-state index in [9.17, 15) is 10.1 Å². The van der Waals surface area contributed by atoms with Crippen LogP contribution in [0, 0.1) is 11.3 Å². The second-order valence-electron chi connectivity index (χ2n) is 5.22. The average Bonchev–Trinajstić information content (AvgIpc) is 3.30. The molecule has 0 aliphatic rings. The monoisotopic (exact) mass is 348 g/mol. The first-order valence-corrected chi connectivity index (χ1v) is 8.70. The Kier molecular flexibility index (Phi) is 5.07. The molecule has 3 aromatic rings. The number of hydrogen-bond acceptors (Lipinski definition) is 4. The number of nitrogens with zero attached hydrogens (tertiary/aromatic N) is 3. The highest BCUT2D eigenvalue weighted by atomic mass is 32.1. The number of rotatable bonds is 5. The Morgan fingerprint density at radius 1 is 1.32 bits per heavy atom. The standard InChI is InChI=1S/C19H16N4OS/c1-2-21-19(24)14(12-20)11-15-13-23(16-7-4-3-5-8-16)22-18(15)17-9-6-10-25-17/h3-11,13H,2H2,1H3,(H,21,24)/b14-11+. The van der Waals surface area contributed by atoms with Gasteiger partial charge in [-0.05, 0) is 36.6 Å². The van der Waals surface area contributed by atoms with Crippen LogP contribution >= 0.6 is 11.3 Å². The highest BCUT2D eigenvalue weighted by Crippen LogP contribution is 2.29. The van der Waals surface area contributed by atoms with Crippen LogP contribution in [0.25, 0.3) is 22.3 Å². The Hall–Kier alpha value is -3.17. The molecule has 0 unspecified atom stereocenters. The van der Waals surface area contributed by atoms with E-state index in [0.717, 1.165) is 21.8 Å². The molecule has 0 saturated heterocycles. The third-order valence-corrected chi connectivity index (χ3v) is 4.40. The van der Waals surface area contributed by atoms with E-state index in [-0.39, 0.29) is 11.5 Å². The maximum absolute atomic E-state index is 12.0. The lowest BCUT2D eigenvalue weighted by Crippen LogP contribution is -2.23. The van der Waals surface area contributed by atoms with Crippen LogP contribution in [0.4, 0.5) is 0 Å². The molecule has 124 valence electrons. The summed E-state index contributed by atoms with van der Waals surface area (Å²) in [6.07, 6.45) is 3.42. The Balaban J connectivity index is 2.10. The summed E-state index contributed by atoms with van der Waals surface area (Å²) in [4.78, 5) is 13.0. The van der Waals surface area contributed by atoms with E-state index in [1.165, 1.54) is 0 Å². The van der Waals surface area contributed by atoms with E-state index in [1.54, 1.807) is 22.1 Å². The summed E-state index contributed by atoms with van der Waals surface area (Å²) in [6.45, 7) is 2.29. The predicted octanol–water partition coefficient (Wildman–Crippen LogP) is 3.64. The molecule has 0 aliphatic heterocycles. The molecule has 2 aromatic heterocycles. The normalized spacial score (nSPS) is 11.1. The highest BCUT2D eigenvalue weighted by molar-refractivity contribution is 7.13. The average molecular weight is 348 g/mol. The van der Waals surface area contributed by atoms with Gasteiger partial charge in [0.2, 0.25) is 0 Å². The van der Waals surface area contributed by atoms with Gasteiger partial charge in [-0.15, -0.1) is 11.3 Å². The van der Waals surface area contributed by atoms with Gasteiger partial charge in [-0.25, -0.2) is 4.68 Å². The molecule has 25 heavy (non-hydrogen) atoms. The van der Waals surface area contributed by atoms with Crippen molar-refractivity contribution >= 4 is 23.3 Å². The van der Waals surface area contributed by atoms with Crippen LogP contribution in [0.15, 0.2) is 59.6 Å². The summed E-state index contributed by atoms with van der Waals surface area (Å²) in [7, 11) is 0. The van der Waals surface area contributed by atoms with Crippen LogP contribution < -0.4 is 5.32 Å². The first kappa shape index (κ1) is 16.7. The number of benzene rings is 1. The fraction of sp³-hybridized carbons (Fsp3) is 0.105. The van der Waals surface area contributed by atoms with Crippen LogP contribution in [0.1, 0.15) is 12.5 Å². The van der Waals surface area contributed by atoms with Crippen molar-refractivity contribution in [3.8, 4) is 22.3 Å². The SMILES string of the molecule is CCNC(=O)/C(C#N)=C/c1cn(-c2ccccc2)nc1-c1cccs1. The number of likely N-dealkylation sites (N-methyl/N-ethyl adjacent to an activating group) is 1. The molecule has 3 rings (SSSR count). The lowest BCUT2D eigenvalue weighted by molar-refractivity contribution is -0.116. The topological polar surface area (TPSA) is 70.7 Å². The summed E-state index contributed by atoms with van der Waals surface area (Å²) in [5, 5.41) is 18.6. The van der Waals surface area contributed by atoms with Gasteiger partial charge in [-0.1, -0.05) is 24.3 Å². The van der Waals surface area contributed by atoms with Crippen LogP contribution in [0.2, 0.25) is 0 Å². The Bertz CT molecular complexity index is 934. The minimum absolute atomic E-state index is 0.0623.